The maximum absolute atomic E-state index is 10.4. The van der Waals surface area contributed by atoms with E-state index >= 15 is 0 Å². The maximum atomic E-state index is 10.4. The quantitative estimate of drug-likeness (QED) is 0.459. The summed E-state index contributed by atoms with van der Waals surface area (Å²) in [4.78, 5) is 14.3. The van der Waals surface area contributed by atoms with Crippen LogP contribution in [0, 0.1) is 10.1 Å². The second kappa shape index (κ2) is 3.59. The lowest BCUT2D eigenvalue weighted by Crippen LogP contribution is -2.59. The molecule has 13 heavy (non-hydrogen) atoms. The number of piperazine rings is 1. The SMILES string of the molecule is CN1CCN(C[N+](=O)[O-])C(C)(C)C1. The highest BCUT2D eigenvalue weighted by Crippen LogP contribution is 2.19. The standard InChI is InChI=1S/C8H17N3O2/c1-8(2)6-9(3)4-5-10(8)7-11(12)13/h4-7H2,1-3H3. The molecule has 0 aromatic carbocycles. The fourth-order valence-electron chi connectivity index (χ4n) is 1.84. The van der Waals surface area contributed by atoms with Crippen LogP contribution in [0.2, 0.25) is 0 Å². The second-order valence-corrected chi connectivity index (χ2v) is 4.29. The third kappa shape index (κ3) is 2.63. The van der Waals surface area contributed by atoms with Gasteiger partial charge in [-0.2, -0.15) is 0 Å². The Hall–Kier alpha value is -0.680. The first-order chi connectivity index (χ1) is 5.92. The molecule has 1 aliphatic rings. The molecule has 1 aliphatic heterocycles. The highest BCUT2D eigenvalue weighted by molar-refractivity contribution is 4.87. The first-order valence-corrected chi connectivity index (χ1v) is 4.47. The molecule has 0 unspecified atom stereocenters. The zero-order valence-corrected chi connectivity index (χ0v) is 8.49. The van der Waals surface area contributed by atoms with E-state index in [2.05, 4.69) is 4.90 Å². The number of nitro groups is 1. The average molecular weight is 187 g/mol. The zero-order chi connectivity index (χ0) is 10.1. The molecule has 5 heteroatoms. The van der Waals surface area contributed by atoms with E-state index < -0.39 is 0 Å². The maximum Gasteiger partial charge on any atom is 0.259 e. The molecule has 0 atom stereocenters. The summed E-state index contributed by atoms with van der Waals surface area (Å²) in [6.07, 6.45) is 0. The highest BCUT2D eigenvalue weighted by Gasteiger charge is 2.34. The van der Waals surface area contributed by atoms with Crippen molar-refractivity contribution in [3.63, 3.8) is 0 Å². The number of hydrogen-bond donors (Lipinski definition) is 0. The lowest BCUT2D eigenvalue weighted by molar-refractivity contribution is -0.509. The molecule has 0 amide bonds. The van der Waals surface area contributed by atoms with Gasteiger partial charge in [0.25, 0.3) is 6.67 Å². The van der Waals surface area contributed by atoms with Gasteiger partial charge in [-0.25, -0.2) is 4.90 Å². The monoisotopic (exact) mass is 187 g/mol. The molecule has 0 radical (unpaired) electrons. The van der Waals surface area contributed by atoms with Crippen molar-refractivity contribution in [3.05, 3.63) is 10.1 Å². The summed E-state index contributed by atoms with van der Waals surface area (Å²) >= 11 is 0. The van der Waals surface area contributed by atoms with E-state index in [0.717, 1.165) is 19.6 Å². The van der Waals surface area contributed by atoms with Crippen molar-refractivity contribution in [2.75, 3.05) is 33.4 Å². The molecule has 0 aliphatic carbocycles. The summed E-state index contributed by atoms with van der Waals surface area (Å²) in [6.45, 7) is 6.64. The summed E-state index contributed by atoms with van der Waals surface area (Å²) < 4.78 is 0. The van der Waals surface area contributed by atoms with Crippen LogP contribution in [0.15, 0.2) is 0 Å². The van der Waals surface area contributed by atoms with Gasteiger partial charge in [-0.15, -0.1) is 0 Å². The first kappa shape index (κ1) is 10.4. The summed E-state index contributed by atoms with van der Waals surface area (Å²) in [5.74, 6) is 0. The predicted octanol–water partition coefficient (Wildman–Crippen LogP) is 0.247. The summed E-state index contributed by atoms with van der Waals surface area (Å²) in [5, 5.41) is 10.4. The third-order valence-electron chi connectivity index (χ3n) is 2.55. The third-order valence-corrected chi connectivity index (χ3v) is 2.55. The molecule has 1 rings (SSSR count). The normalized spacial score (nSPS) is 24.5. The molecule has 0 saturated carbocycles. The molecular formula is C8H17N3O2. The van der Waals surface area contributed by atoms with Crippen molar-refractivity contribution in [2.45, 2.75) is 19.4 Å². The Morgan fingerprint density at radius 2 is 2.08 bits per heavy atom. The van der Waals surface area contributed by atoms with Crippen molar-refractivity contribution < 1.29 is 4.92 Å². The van der Waals surface area contributed by atoms with Gasteiger partial charge in [0.05, 0.1) is 0 Å². The van der Waals surface area contributed by atoms with E-state index in [-0.39, 0.29) is 17.1 Å². The molecule has 0 aromatic rings. The largest absolute Gasteiger partial charge is 0.303 e. The van der Waals surface area contributed by atoms with Crippen LogP contribution in [0.3, 0.4) is 0 Å². The Bertz CT molecular complexity index is 206. The average Bonchev–Trinajstić information content (AvgIpc) is 1.93. The topological polar surface area (TPSA) is 49.6 Å². The lowest BCUT2D eigenvalue weighted by atomic mass is 10.00. The molecule has 0 spiro atoms. The van der Waals surface area contributed by atoms with Gasteiger partial charge >= 0.3 is 0 Å². The number of hydrogen-bond acceptors (Lipinski definition) is 4. The van der Waals surface area contributed by atoms with Gasteiger partial charge < -0.3 is 4.90 Å². The summed E-state index contributed by atoms with van der Waals surface area (Å²) in [5.41, 5.74) is -0.0833. The predicted molar refractivity (Wildman–Crippen MR) is 50.1 cm³/mol. The van der Waals surface area contributed by atoms with Crippen LogP contribution >= 0.6 is 0 Å². The van der Waals surface area contributed by atoms with E-state index in [1.54, 1.807) is 0 Å². The van der Waals surface area contributed by atoms with Gasteiger partial charge in [0.1, 0.15) is 0 Å². The fraction of sp³-hybridized carbons (Fsp3) is 1.00. The number of nitrogens with zero attached hydrogens (tertiary/aromatic N) is 3. The van der Waals surface area contributed by atoms with E-state index in [9.17, 15) is 10.1 Å². The van der Waals surface area contributed by atoms with Crippen LogP contribution in [0.25, 0.3) is 0 Å². The minimum absolute atomic E-state index is 0.0408. The molecule has 5 nitrogen and oxygen atoms in total. The van der Waals surface area contributed by atoms with E-state index in [0.29, 0.717) is 0 Å². The summed E-state index contributed by atoms with van der Waals surface area (Å²) in [6, 6.07) is 0. The van der Waals surface area contributed by atoms with Crippen LogP contribution in [0.5, 0.6) is 0 Å². The van der Waals surface area contributed by atoms with Crippen molar-refractivity contribution in [2.24, 2.45) is 0 Å². The second-order valence-electron chi connectivity index (χ2n) is 4.29. The van der Waals surface area contributed by atoms with Gasteiger partial charge in [0, 0.05) is 30.1 Å². The Morgan fingerprint density at radius 3 is 2.54 bits per heavy atom. The van der Waals surface area contributed by atoms with E-state index in [4.69, 9.17) is 0 Å². The number of rotatable bonds is 2. The van der Waals surface area contributed by atoms with Crippen LogP contribution in [0.1, 0.15) is 13.8 Å². The van der Waals surface area contributed by atoms with Crippen LogP contribution in [-0.2, 0) is 0 Å². The van der Waals surface area contributed by atoms with Crippen LogP contribution < -0.4 is 0 Å². The smallest absolute Gasteiger partial charge is 0.259 e. The Kier molecular flexibility index (Phi) is 2.87. The van der Waals surface area contributed by atoms with Crippen molar-refractivity contribution >= 4 is 0 Å². The van der Waals surface area contributed by atoms with Gasteiger partial charge in [-0.05, 0) is 20.9 Å². The molecule has 0 aromatic heterocycles. The highest BCUT2D eigenvalue weighted by atomic mass is 16.6. The molecule has 1 fully saturated rings. The number of likely N-dealkylation sites (N-methyl/N-ethyl adjacent to an activating group) is 1. The van der Waals surface area contributed by atoms with Gasteiger partial charge in [0.15, 0.2) is 0 Å². The molecule has 1 heterocycles. The molecule has 0 N–H and O–H groups in total. The van der Waals surface area contributed by atoms with E-state index in [1.165, 1.54) is 0 Å². The molecule has 1 saturated heterocycles. The fourth-order valence-corrected chi connectivity index (χ4v) is 1.84. The van der Waals surface area contributed by atoms with Crippen LogP contribution in [0.4, 0.5) is 0 Å². The summed E-state index contributed by atoms with van der Waals surface area (Å²) in [7, 11) is 2.05. The zero-order valence-electron chi connectivity index (χ0n) is 8.49. The minimum atomic E-state index is -0.257. The molecule has 0 bridgehead atoms. The molecule has 76 valence electrons. The van der Waals surface area contributed by atoms with Crippen LogP contribution in [-0.4, -0.2) is 53.6 Å². The van der Waals surface area contributed by atoms with E-state index in [1.807, 2.05) is 25.8 Å². The first-order valence-electron chi connectivity index (χ1n) is 4.47. The van der Waals surface area contributed by atoms with Crippen molar-refractivity contribution in [1.82, 2.24) is 9.80 Å². The van der Waals surface area contributed by atoms with Gasteiger partial charge in [-0.3, -0.25) is 10.1 Å². The Balaban J connectivity index is 2.59. The Morgan fingerprint density at radius 1 is 1.46 bits per heavy atom. The lowest BCUT2D eigenvalue weighted by Gasteiger charge is -2.43. The van der Waals surface area contributed by atoms with Crippen molar-refractivity contribution in [3.8, 4) is 0 Å². The van der Waals surface area contributed by atoms with Gasteiger partial charge in [0.2, 0.25) is 0 Å². The van der Waals surface area contributed by atoms with Crippen molar-refractivity contribution in [1.29, 1.82) is 0 Å². The minimum Gasteiger partial charge on any atom is -0.303 e. The molecular weight excluding hydrogens is 170 g/mol. The Labute approximate surface area is 78.5 Å². The van der Waals surface area contributed by atoms with Gasteiger partial charge in [-0.1, -0.05) is 0 Å².